The number of ether oxygens (including phenoxy) is 1. The lowest BCUT2D eigenvalue weighted by atomic mass is 10.1. The number of benzene rings is 1. The molecule has 0 bridgehead atoms. The minimum Gasteiger partial charge on any atom is -0.462 e. The third kappa shape index (κ3) is 3.66. The number of carbonyl (C=O) groups excluding carboxylic acids is 1. The monoisotopic (exact) mass is 236 g/mol. The van der Waals surface area contributed by atoms with Crippen molar-refractivity contribution in [1.29, 1.82) is 0 Å². The molecule has 3 N–H and O–H groups in total. The number of nitrogens with two attached hydrogens (primary N) is 1. The van der Waals surface area contributed by atoms with E-state index in [0.29, 0.717) is 23.9 Å². The van der Waals surface area contributed by atoms with Crippen molar-refractivity contribution in [2.24, 2.45) is 0 Å². The lowest BCUT2D eigenvalue weighted by Crippen LogP contribution is -2.15. The van der Waals surface area contributed by atoms with E-state index < -0.39 is 0 Å². The standard InChI is InChI=1S/C13H20N2O2/c1-4-9(3)15-12-7-6-10(8-11(12)14)13(16)17-5-2/h6-9,15H,4-5,14H2,1-3H3. The highest BCUT2D eigenvalue weighted by Crippen LogP contribution is 2.21. The highest BCUT2D eigenvalue weighted by atomic mass is 16.5. The first-order valence-corrected chi connectivity index (χ1v) is 5.91. The second kappa shape index (κ2) is 6.13. The maximum Gasteiger partial charge on any atom is 0.338 e. The fraction of sp³-hybridized carbons (Fsp3) is 0.462. The number of nitrogens with one attached hydrogen (secondary N) is 1. The van der Waals surface area contributed by atoms with Crippen LogP contribution < -0.4 is 11.1 Å². The fourth-order valence-corrected chi connectivity index (χ4v) is 1.40. The molecule has 4 nitrogen and oxygen atoms in total. The van der Waals surface area contributed by atoms with E-state index >= 15 is 0 Å². The maximum atomic E-state index is 11.5. The van der Waals surface area contributed by atoms with Gasteiger partial charge in [-0.05, 0) is 38.5 Å². The Morgan fingerprint density at radius 1 is 1.47 bits per heavy atom. The third-order valence-corrected chi connectivity index (χ3v) is 2.58. The van der Waals surface area contributed by atoms with Crippen molar-refractivity contribution in [2.45, 2.75) is 33.2 Å². The quantitative estimate of drug-likeness (QED) is 0.609. The molecule has 0 aromatic heterocycles. The van der Waals surface area contributed by atoms with E-state index in [1.54, 1.807) is 19.1 Å². The van der Waals surface area contributed by atoms with Crippen molar-refractivity contribution in [3.8, 4) is 0 Å². The highest BCUT2D eigenvalue weighted by molar-refractivity contribution is 5.91. The van der Waals surface area contributed by atoms with E-state index in [0.717, 1.165) is 12.1 Å². The average molecular weight is 236 g/mol. The van der Waals surface area contributed by atoms with E-state index in [4.69, 9.17) is 10.5 Å². The van der Waals surface area contributed by atoms with Gasteiger partial charge in [-0.1, -0.05) is 6.92 Å². The highest BCUT2D eigenvalue weighted by Gasteiger charge is 2.09. The van der Waals surface area contributed by atoms with Crippen LogP contribution in [0.15, 0.2) is 18.2 Å². The summed E-state index contributed by atoms with van der Waals surface area (Å²) in [6.07, 6.45) is 1.01. The molecule has 1 unspecified atom stereocenters. The first-order chi connectivity index (χ1) is 8.08. The lowest BCUT2D eigenvalue weighted by molar-refractivity contribution is 0.0526. The van der Waals surface area contributed by atoms with E-state index in [2.05, 4.69) is 19.2 Å². The molecule has 0 aliphatic heterocycles. The summed E-state index contributed by atoms with van der Waals surface area (Å²) in [6, 6.07) is 5.53. The molecule has 1 aromatic rings. The van der Waals surface area contributed by atoms with Crippen LogP contribution in [-0.4, -0.2) is 18.6 Å². The Labute approximate surface area is 102 Å². The molecule has 0 radical (unpaired) electrons. The predicted octanol–water partition coefficient (Wildman–Crippen LogP) is 2.66. The topological polar surface area (TPSA) is 64.3 Å². The van der Waals surface area contributed by atoms with Gasteiger partial charge < -0.3 is 15.8 Å². The molecular formula is C13H20N2O2. The number of rotatable bonds is 5. The van der Waals surface area contributed by atoms with Gasteiger partial charge in [0.2, 0.25) is 0 Å². The summed E-state index contributed by atoms with van der Waals surface area (Å²) in [5.74, 6) is -0.339. The van der Waals surface area contributed by atoms with Crippen LogP contribution in [0.25, 0.3) is 0 Å². The van der Waals surface area contributed by atoms with Gasteiger partial charge in [0.15, 0.2) is 0 Å². The van der Waals surface area contributed by atoms with Crippen LogP contribution in [0, 0.1) is 0 Å². The molecule has 0 aliphatic rings. The number of anilines is 2. The van der Waals surface area contributed by atoms with Crippen molar-refractivity contribution < 1.29 is 9.53 Å². The molecule has 0 saturated heterocycles. The fourth-order valence-electron chi connectivity index (χ4n) is 1.40. The second-order valence-corrected chi connectivity index (χ2v) is 3.98. The van der Waals surface area contributed by atoms with E-state index in [1.165, 1.54) is 0 Å². The lowest BCUT2D eigenvalue weighted by Gasteiger charge is -2.15. The maximum absolute atomic E-state index is 11.5. The molecule has 0 amide bonds. The van der Waals surface area contributed by atoms with Gasteiger partial charge in [-0.25, -0.2) is 4.79 Å². The van der Waals surface area contributed by atoms with Gasteiger partial charge in [-0.3, -0.25) is 0 Å². The van der Waals surface area contributed by atoms with Gasteiger partial charge in [0.1, 0.15) is 0 Å². The smallest absolute Gasteiger partial charge is 0.338 e. The third-order valence-electron chi connectivity index (χ3n) is 2.58. The van der Waals surface area contributed by atoms with E-state index in [-0.39, 0.29) is 5.97 Å². The number of nitrogen functional groups attached to an aromatic ring is 1. The summed E-state index contributed by atoms with van der Waals surface area (Å²) in [5.41, 5.74) is 7.79. The zero-order valence-corrected chi connectivity index (χ0v) is 10.6. The Morgan fingerprint density at radius 2 is 2.18 bits per heavy atom. The first-order valence-electron chi connectivity index (χ1n) is 5.91. The molecule has 94 valence electrons. The summed E-state index contributed by atoms with van der Waals surface area (Å²) in [7, 11) is 0. The Morgan fingerprint density at radius 3 is 2.71 bits per heavy atom. The van der Waals surface area contributed by atoms with Gasteiger partial charge in [-0.15, -0.1) is 0 Å². The van der Waals surface area contributed by atoms with Gasteiger partial charge in [0, 0.05) is 6.04 Å². The van der Waals surface area contributed by atoms with Crippen molar-refractivity contribution in [2.75, 3.05) is 17.7 Å². The molecule has 0 heterocycles. The van der Waals surface area contributed by atoms with Gasteiger partial charge in [0.05, 0.1) is 23.5 Å². The summed E-state index contributed by atoms with van der Waals surface area (Å²) < 4.78 is 4.91. The van der Waals surface area contributed by atoms with Crippen molar-refractivity contribution in [3.05, 3.63) is 23.8 Å². The van der Waals surface area contributed by atoms with E-state index in [9.17, 15) is 4.79 Å². The molecule has 0 fully saturated rings. The second-order valence-electron chi connectivity index (χ2n) is 3.98. The number of hydrogen-bond acceptors (Lipinski definition) is 4. The predicted molar refractivity (Wildman–Crippen MR) is 70.2 cm³/mol. The molecule has 1 aromatic carbocycles. The van der Waals surface area contributed by atoms with Crippen LogP contribution in [0.3, 0.4) is 0 Å². The summed E-state index contributed by atoms with van der Waals surface area (Å²) >= 11 is 0. The molecule has 1 rings (SSSR count). The number of esters is 1. The number of carbonyl (C=O) groups is 1. The number of hydrogen-bond donors (Lipinski definition) is 2. The molecule has 4 heteroatoms. The van der Waals surface area contributed by atoms with Gasteiger partial charge >= 0.3 is 5.97 Å². The molecule has 1 atom stereocenters. The van der Waals surface area contributed by atoms with Crippen molar-refractivity contribution in [3.63, 3.8) is 0 Å². The SMILES string of the molecule is CCOC(=O)c1ccc(NC(C)CC)c(N)c1. The zero-order valence-electron chi connectivity index (χ0n) is 10.6. The van der Waals surface area contributed by atoms with E-state index in [1.807, 2.05) is 6.07 Å². The van der Waals surface area contributed by atoms with Crippen LogP contribution >= 0.6 is 0 Å². The van der Waals surface area contributed by atoms with Crippen LogP contribution in [0.2, 0.25) is 0 Å². The Kier molecular flexibility index (Phi) is 4.82. The first kappa shape index (κ1) is 13.4. The minimum absolute atomic E-state index is 0.339. The Balaban J connectivity index is 2.82. The van der Waals surface area contributed by atoms with Crippen LogP contribution in [0.4, 0.5) is 11.4 Å². The summed E-state index contributed by atoms with van der Waals surface area (Å²) in [5, 5.41) is 3.28. The molecule has 0 spiro atoms. The minimum atomic E-state index is -0.339. The van der Waals surface area contributed by atoms with Crippen molar-refractivity contribution in [1.82, 2.24) is 0 Å². The van der Waals surface area contributed by atoms with Gasteiger partial charge in [0.25, 0.3) is 0 Å². The van der Waals surface area contributed by atoms with Gasteiger partial charge in [-0.2, -0.15) is 0 Å². The largest absolute Gasteiger partial charge is 0.462 e. The summed E-state index contributed by atoms with van der Waals surface area (Å²) in [4.78, 5) is 11.5. The van der Waals surface area contributed by atoms with Crippen LogP contribution in [0.1, 0.15) is 37.6 Å². The zero-order chi connectivity index (χ0) is 12.8. The van der Waals surface area contributed by atoms with Crippen molar-refractivity contribution >= 4 is 17.3 Å². The van der Waals surface area contributed by atoms with Crippen LogP contribution in [-0.2, 0) is 4.74 Å². The van der Waals surface area contributed by atoms with Crippen LogP contribution in [0.5, 0.6) is 0 Å². The summed E-state index contributed by atoms with van der Waals surface area (Å²) in [6.45, 7) is 6.32. The Hall–Kier alpha value is -1.71. The normalized spacial score (nSPS) is 11.9. The molecule has 0 aliphatic carbocycles. The molecular weight excluding hydrogens is 216 g/mol. The molecule has 17 heavy (non-hydrogen) atoms. The molecule has 0 saturated carbocycles. The Bertz CT molecular complexity index is 391. The average Bonchev–Trinajstić information content (AvgIpc) is 2.31.